The SMILES string of the molecule is O=C(O)CN1CCN(C2CC2)C(=O)C1. The van der Waals surface area contributed by atoms with Crippen LogP contribution in [0.3, 0.4) is 0 Å². The van der Waals surface area contributed by atoms with Crippen molar-refractivity contribution in [1.82, 2.24) is 9.80 Å². The summed E-state index contributed by atoms with van der Waals surface area (Å²) >= 11 is 0. The van der Waals surface area contributed by atoms with Crippen LogP contribution in [0.1, 0.15) is 12.8 Å². The number of amides is 1. The molecule has 1 saturated heterocycles. The highest BCUT2D eigenvalue weighted by Gasteiger charge is 2.35. The van der Waals surface area contributed by atoms with Crippen molar-refractivity contribution < 1.29 is 14.7 Å². The maximum absolute atomic E-state index is 11.6. The Morgan fingerprint density at radius 3 is 2.64 bits per heavy atom. The topological polar surface area (TPSA) is 60.9 Å². The summed E-state index contributed by atoms with van der Waals surface area (Å²) in [6.45, 7) is 1.62. The third-order valence-corrected chi connectivity index (χ3v) is 2.68. The molecule has 1 heterocycles. The van der Waals surface area contributed by atoms with Gasteiger partial charge < -0.3 is 10.0 Å². The number of piperazine rings is 1. The molecule has 0 atom stereocenters. The second-order valence-corrected chi connectivity index (χ2v) is 3.92. The molecule has 1 saturated carbocycles. The van der Waals surface area contributed by atoms with Gasteiger partial charge in [-0.2, -0.15) is 0 Å². The fourth-order valence-corrected chi connectivity index (χ4v) is 1.83. The van der Waals surface area contributed by atoms with Gasteiger partial charge in [0.1, 0.15) is 0 Å². The number of nitrogens with zero attached hydrogens (tertiary/aromatic N) is 2. The van der Waals surface area contributed by atoms with Crippen LogP contribution < -0.4 is 0 Å². The predicted octanol–water partition coefficient (Wildman–Crippen LogP) is -0.622. The van der Waals surface area contributed by atoms with Gasteiger partial charge in [0.05, 0.1) is 13.1 Å². The number of hydrogen-bond donors (Lipinski definition) is 1. The van der Waals surface area contributed by atoms with Gasteiger partial charge in [0.25, 0.3) is 0 Å². The lowest BCUT2D eigenvalue weighted by Gasteiger charge is -2.33. The van der Waals surface area contributed by atoms with E-state index in [1.165, 1.54) is 0 Å². The fraction of sp³-hybridized carbons (Fsp3) is 0.778. The molecule has 0 aromatic heterocycles. The van der Waals surface area contributed by atoms with Gasteiger partial charge >= 0.3 is 5.97 Å². The second kappa shape index (κ2) is 3.57. The molecule has 0 aromatic rings. The maximum atomic E-state index is 11.6. The molecule has 78 valence electrons. The summed E-state index contributed by atoms with van der Waals surface area (Å²) < 4.78 is 0. The number of carbonyl (C=O) groups is 2. The summed E-state index contributed by atoms with van der Waals surface area (Å²) in [6.07, 6.45) is 2.23. The Morgan fingerprint density at radius 2 is 2.14 bits per heavy atom. The number of carboxylic acid groups (broad SMARTS) is 1. The molecule has 0 bridgehead atoms. The second-order valence-electron chi connectivity index (χ2n) is 3.92. The maximum Gasteiger partial charge on any atom is 0.317 e. The van der Waals surface area contributed by atoms with E-state index in [0.717, 1.165) is 12.8 Å². The van der Waals surface area contributed by atoms with Crippen LogP contribution in [-0.4, -0.2) is 59.0 Å². The predicted molar refractivity (Wildman–Crippen MR) is 48.8 cm³/mol. The van der Waals surface area contributed by atoms with Gasteiger partial charge in [-0.1, -0.05) is 0 Å². The molecule has 2 aliphatic rings. The normalized spacial score (nSPS) is 24.0. The highest BCUT2D eigenvalue weighted by Crippen LogP contribution is 2.27. The molecule has 0 aromatic carbocycles. The van der Waals surface area contributed by atoms with E-state index in [9.17, 15) is 9.59 Å². The van der Waals surface area contributed by atoms with Crippen LogP contribution in [-0.2, 0) is 9.59 Å². The lowest BCUT2D eigenvalue weighted by atomic mass is 10.3. The average Bonchev–Trinajstić information content (AvgIpc) is 2.86. The van der Waals surface area contributed by atoms with Crippen LogP contribution >= 0.6 is 0 Å². The number of aliphatic carboxylic acids is 1. The minimum absolute atomic E-state index is 0.0236. The quantitative estimate of drug-likeness (QED) is 0.656. The van der Waals surface area contributed by atoms with Crippen LogP contribution in [0.15, 0.2) is 0 Å². The van der Waals surface area contributed by atoms with Crippen molar-refractivity contribution in [2.45, 2.75) is 18.9 Å². The fourth-order valence-electron chi connectivity index (χ4n) is 1.83. The molecule has 5 heteroatoms. The average molecular weight is 198 g/mol. The van der Waals surface area contributed by atoms with Crippen LogP contribution in [0.4, 0.5) is 0 Å². The Morgan fingerprint density at radius 1 is 1.43 bits per heavy atom. The molecule has 2 fully saturated rings. The van der Waals surface area contributed by atoms with Gasteiger partial charge in [-0.3, -0.25) is 14.5 Å². The largest absolute Gasteiger partial charge is 0.480 e. The molecule has 0 unspecified atom stereocenters. The van der Waals surface area contributed by atoms with Crippen molar-refractivity contribution in [2.75, 3.05) is 26.2 Å². The zero-order chi connectivity index (χ0) is 10.1. The molecule has 2 rings (SSSR count). The summed E-state index contributed by atoms with van der Waals surface area (Å²) in [7, 11) is 0. The van der Waals surface area contributed by atoms with E-state index in [4.69, 9.17) is 5.11 Å². The van der Waals surface area contributed by atoms with Crippen LogP contribution in [0.5, 0.6) is 0 Å². The van der Waals surface area contributed by atoms with Crippen LogP contribution in [0.25, 0.3) is 0 Å². The van der Waals surface area contributed by atoms with Gasteiger partial charge in [-0.15, -0.1) is 0 Å². The van der Waals surface area contributed by atoms with Crippen molar-refractivity contribution in [2.24, 2.45) is 0 Å². The molecule has 1 aliphatic heterocycles. The third-order valence-electron chi connectivity index (χ3n) is 2.68. The summed E-state index contributed by atoms with van der Waals surface area (Å²) in [4.78, 5) is 25.6. The monoisotopic (exact) mass is 198 g/mol. The molecular formula is C9H14N2O3. The summed E-state index contributed by atoms with van der Waals surface area (Å²) in [5.74, 6) is -0.780. The minimum Gasteiger partial charge on any atom is -0.480 e. The highest BCUT2D eigenvalue weighted by molar-refractivity contribution is 5.80. The van der Waals surface area contributed by atoms with Crippen LogP contribution in [0, 0.1) is 0 Å². The number of rotatable bonds is 3. The first-order valence-corrected chi connectivity index (χ1v) is 4.90. The van der Waals surface area contributed by atoms with E-state index in [-0.39, 0.29) is 19.0 Å². The molecule has 0 radical (unpaired) electrons. The first-order chi connectivity index (χ1) is 6.66. The molecule has 14 heavy (non-hydrogen) atoms. The Hall–Kier alpha value is -1.10. The Balaban J connectivity index is 1.85. The molecule has 1 amide bonds. The van der Waals surface area contributed by atoms with Gasteiger partial charge in [0.15, 0.2) is 0 Å². The molecule has 0 spiro atoms. The van der Waals surface area contributed by atoms with Crippen molar-refractivity contribution in [3.8, 4) is 0 Å². The van der Waals surface area contributed by atoms with Gasteiger partial charge in [0, 0.05) is 19.1 Å². The number of hydrogen-bond acceptors (Lipinski definition) is 3. The number of carbonyl (C=O) groups excluding carboxylic acids is 1. The van der Waals surface area contributed by atoms with Gasteiger partial charge in [0.2, 0.25) is 5.91 Å². The Labute approximate surface area is 82.3 Å². The molecular weight excluding hydrogens is 184 g/mol. The van der Waals surface area contributed by atoms with Gasteiger partial charge in [-0.05, 0) is 12.8 Å². The molecule has 1 aliphatic carbocycles. The first-order valence-electron chi connectivity index (χ1n) is 4.90. The Bertz CT molecular complexity index is 263. The molecule has 1 N–H and O–H groups in total. The van der Waals surface area contributed by atoms with E-state index in [0.29, 0.717) is 19.1 Å². The molecule has 5 nitrogen and oxygen atoms in total. The zero-order valence-corrected chi connectivity index (χ0v) is 7.98. The van der Waals surface area contributed by atoms with E-state index in [1.54, 1.807) is 4.90 Å². The van der Waals surface area contributed by atoms with E-state index in [1.807, 2.05) is 4.90 Å². The minimum atomic E-state index is -0.863. The number of carboxylic acids is 1. The zero-order valence-electron chi connectivity index (χ0n) is 7.98. The van der Waals surface area contributed by atoms with E-state index in [2.05, 4.69) is 0 Å². The van der Waals surface area contributed by atoms with Gasteiger partial charge in [-0.25, -0.2) is 0 Å². The highest BCUT2D eigenvalue weighted by atomic mass is 16.4. The third kappa shape index (κ3) is 2.04. The lowest BCUT2D eigenvalue weighted by Crippen LogP contribution is -2.52. The van der Waals surface area contributed by atoms with Crippen molar-refractivity contribution in [1.29, 1.82) is 0 Å². The lowest BCUT2D eigenvalue weighted by molar-refractivity contribution is -0.142. The van der Waals surface area contributed by atoms with E-state index < -0.39 is 5.97 Å². The van der Waals surface area contributed by atoms with Crippen molar-refractivity contribution >= 4 is 11.9 Å². The summed E-state index contributed by atoms with van der Waals surface area (Å²) in [5, 5.41) is 8.57. The standard InChI is InChI=1S/C9H14N2O3/c12-8-5-10(6-9(13)14)3-4-11(8)7-1-2-7/h7H,1-6H2,(H,13,14). The van der Waals surface area contributed by atoms with Crippen LogP contribution in [0.2, 0.25) is 0 Å². The smallest absolute Gasteiger partial charge is 0.317 e. The van der Waals surface area contributed by atoms with E-state index >= 15 is 0 Å². The van der Waals surface area contributed by atoms with Crippen molar-refractivity contribution in [3.05, 3.63) is 0 Å². The summed E-state index contributed by atoms with van der Waals surface area (Å²) in [5.41, 5.74) is 0. The summed E-state index contributed by atoms with van der Waals surface area (Å²) in [6, 6.07) is 0.453. The van der Waals surface area contributed by atoms with Crippen molar-refractivity contribution in [3.63, 3.8) is 0 Å². The first kappa shape index (κ1) is 9.45. The Kier molecular flexibility index (Phi) is 2.41.